The van der Waals surface area contributed by atoms with Gasteiger partial charge in [0.1, 0.15) is 12.7 Å². The van der Waals surface area contributed by atoms with E-state index in [-0.39, 0.29) is 11.9 Å². The van der Waals surface area contributed by atoms with Crippen molar-refractivity contribution in [3.05, 3.63) is 40.3 Å². The van der Waals surface area contributed by atoms with Gasteiger partial charge in [-0.3, -0.25) is 0 Å². The lowest BCUT2D eigenvalue weighted by molar-refractivity contribution is 0.800. The molecular formula is C11H8BrClN8. The van der Waals surface area contributed by atoms with Crippen molar-refractivity contribution in [2.45, 2.75) is 0 Å². The Balaban J connectivity index is 1.93. The van der Waals surface area contributed by atoms with Crippen LogP contribution in [0.25, 0.3) is 5.95 Å². The molecule has 8 nitrogen and oxygen atoms in total. The fraction of sp³-hybridized carbons (Fsp3) is 0. The summed E-state index contributed by atoms with van der Waals surface area (Å²) in [5.41, 5.74) is 6.43. The van der Waals surface area contributed by atoms with E-state index < -0.39 is 0 Å². The largest absolute Gasteiger partial charge is 0.368 e. The first-order valence-corrected chi connectivity index (χ1v) is 6.87. The second-order valence-electron chi connectivity index (χ2n) is 3.91. The molecule has 0 bridgehead atoms. The molecule has 0 fully saturated rings. The molecule has 0 spiro atoms. The van der Waals surface area contributed by atoms with Gasteiger partial charge in [0.25, 0.3) is 5.95 Å². The minimum Gasteiger partial charge on any atom is -0.368 e. The number of hydrogen-bond donors (Lipinski definition) is 2. The molecule has 0 radical (unpaired) electrons. The molecule has 0 saturated heterocycles. The molecule has 2 heterocycles. The molecule has 0 amide bonds. The molecule has 0 saturated carbocycles. The van der Waals surface area contributed by atoms with Gasteiger partial charge in [-0.05, 0) is 34.1 Å². The van der Waals surface area contributed by atoms with Crippen LogP contribution < -0.4 is 11.1 Å². The topological polar surface area (TPSA) is 107 Å². The van der Waals surface area contributed by atoms with Crippen LogP contribution in [-0.4, -0.2) is 29.7 Å². The standard InChI is InChI=1S/C11H8BrClN8/c12-7-3-6(1-2-8(7)13)17-10-18-9(14)19-11(20-10)21-5-15-4-16-21/h1-5H,(H3,14,17,18,19,20). The highest BCUT2D eigenvalue weighted by Gasteiger charge is 2.08. The van der Waals surface area contributed by atoms with Gasteiger partial charge >= 0.3 is 0 Å². The van der Waals surface area contributed by atoms with E-state index in [1.54, 1.807) is 18.2 Å². The Labute approximate surface area is 132 Å². The Morgan fingerprint density at radius 3 is 2.81 bits per heavy atom. The predicted molar refractivity (Wildman–Crippen MR) is 81.6 cm³/mol. The van der Waals surface area contributed by atoms with Gasteiger partial charge < -0.3 is 11.1 Å². The van der Waals surface area contributed by atoms with E-state index in [1.165, 1.54) is 17.3 Å². The minimum absolute atomic E-state index is 0.0750. The summed E-state index contributed by atoms with van der Waals surface area (Å²) < 4.78 is 2.15. The number of hydrogen-bond acceptors (Lipinski definition) is 7. The number of aromatic nitrogens is 6. The van der Waals surface area contributed by atoms with E-state index in [4.69, 9.17) is 17.3 Å². The Bertz CT molecular complexity index is 776. The monoisotopic (exact) mass is 366 g/mol. The zero-order valence-electron chi connectivity index (χ0n) is 10.4. The SMILES string of the molecule is Nc1nc(Nc2ccc(Cl)c(Br)c2)nc(-n2cncn2)n1. The van der Waals surface area contributed by atoms with Crippen molar-refractivity contribution in [1.82, 2.24) is 29.7 Å². The zero-order chi connectivity index (χ0) is 14.8. The fourth-order valence-electron chi connectivity index (χ4n) is 1.55. The van der Waals surface area contributed by atoms with Gasteiger partial charge in [-0.25, -0.2) is 4.98 Å². The van der Waals surface area contributed by atoms with Crippen LogP contribution >= 0.6 is 27.5 Å². The summed E-state index contributed by atoms with van der Waals surface area (Å²) >= 11 is 9.29. The van der Waals surface area contributed by atoms with Crippen LogP contribution in [-0.2, 0) is 0 Å². The third kappa shape index (κ3) is 3.09. The van der Waals surface area contributed by atoms with Crippen LogP contribution in [0.5, 0.6) is 0 Å². The number of anilines is 3. The molecule has 3 aromatic rings. The minimum atomic E-state index is 0.0750. The van der Waals surface area contributed by atoms with Crippen molar-refractivity contribution < 1.29 is 0 Å². The first-order valence-electron chi connectivity index (χ1n) is 5.70. The van der Waals surface area contributed by atoms with E-state index in [2.05, 4.69) is 46.3 Å². The van der Waals surface area contributed by atoms with Crippen molar-refractivity contribution in [3.63, 3.8) is 0 Å². The van der Waals surface area contributed by atoms with Crippen LogP contribution in [0, 0.1) is 0 Å². The Kier molecular flexibility index (Phi) is 3.67. The first kappa shape index (κ1) is 13.7. The molecule has 0 aliphatic carbocycles. The summed E-state index contributed by atoms with van der Waals surface area (Å²) in [5.74, 6) is 0.642. The molecule has 0 atom stereocenters. The molecule has 1 aromatic carbocycles. The van der Waals surface area contributed by atoms with Gasteiger partial charge in [-0.1, -0.05) is 11.6 Å². The molecule has 0 aliphatic heterocycles. The smallest absolute Gasteiger partial charge is 0.258 e. The first-order chi connectivity index (χ1) is 10.1. The molecule has 21 heavy (non-hydrogen) atoms. The number of nitrogens with zero attached hydrogens (tertiary/aromatic N) is 6. The number of nitrogens with two attached hydrogens (primary N) is 1. The van der Waals surface area contributed by atoms with E-state index >= 15 is 0 Å². The number of nitrogen functional groups attached to an aromatic ring is 1. The third-order valence-corrected chi connectivity index (χ3v) is 3.65. The maximum absolute atomic E-state index is 5.95. The Morgan fingerprint density at radius 1 is 1.24 bits per heavy atom. The lowest BCUT2D eigenvalue weighted by Crippen LogP contribution is -2.09. The normalized spacial score (nSPS) is 10.6. The Hall–Kier alpha value is -2.26. The highest BCUT2D eigenvalue weighted by atomic mass is 79.9. The maximum atomic E-state index is 5.95. The van der Waals surface area contributed by atoms with E-state index in [0.717, 1.165) is 10.2 Å². The number of benzene rings is 1. The van der Waals surface area contributed by atoms with Crippen LogP contribution in [0.3, 0.4) is 0 Å². The lowest BCUT2D eigenvalue weighted by Gasteiger charge is -2.07. The van der Waals surface area contributed by atoms with Crippen LogP contribution in [0.4, 0.5) is 17.6 Å². The second-order valence-corrected chi connectivity index (χ2v) is 5.17. The summed E-state index contributed by atoms with van der Waals surface area (Å²) in [6, 6.07) is 5.34. The van der Waals surface area contributed by atoms with Gasteiger partial charge in [0, 0.05) is 10.2 Å². The van der Waals surface area contributed by atoms with Crippen LogP contribution in [0.1, 0.15) is 0 Å². The van der Waals surface area contributed by atoms with Gasteiger partial charge in [-0.2, -0.15) is 24.7 Å². The molecule has 2 aromatic heterocycles. The average Bonchev–Trinajstić information content (AvgIpc) is 2.96. The number of halogens is 2. The van der Waals surface area contributed by atoms with Gasteiger partial charge in [0.2, 0.25) is 11.9 Å². The van der Waals surface area contributed by atoms with Gasteiger partial charge in [0.05, 0.1) is 5.02 Å². The Morgan fingerprint density at radius 2 is 2.10 bits per heavy atom. The van der Waals surface area contributed by atoms with E-state index in [9.17, 15) is 0 Å². The van der Waals surface area contributed by atoms with Crippen molar-refractivity contribution in [2.24, 2.45) is 0 Å². The number of rotatable bonds is 3. The van der Waals surface area contributed by atoms with Crippen LogP contribution in [0.15, 0.2) is 35.3 Å². The second kappa shape index (κ2) is 5.62. The molecule has 0 aliphatic rings. The molecule has 0 unspecified atom stereocenters. The van der Waals surface area contributed by atoms with Gasteiger partial charge in [0.15, 0.2) is 0 Å². The highest BCUT2D eigenvalue weighted by Crippen LogP contribution is 2.26. The third-order valence-electron chi connectivity index (χ3n) is 2.44. The maximum Gasteiger partial charge on any atom is 0.258 e. The van der Waals surface area contributed by atoms with Crippen molar-refractivity contribution in [3.8, 4) is 5.95 Å². The van der Waals surface area contributed by atoms with E-state index in [1.807, 2.05) is 0 Å². The van der Waals surface area contributed by atoms with Crippen LogP contribution in [0.2, 0.25) is 5.02 Å². The molecule has 3 rings (SSSR count). The predicted octanol–water partition coefficient (Wildman–Crippen LogP) is 2.19. The van der Waals surface area contributed by atoms with E-state index in [0.29, 0.717) is 11.0 Å². The number of nitrogens with one attached hydrogen (secondary N) is 1. The van der Waals surface area contributed by atoms with Crippen molar-refractivity contribution in [2.75, 3.05) is 11.1 Å². The lowest BCUT2D eigenvalue weighted by atomic mass is 10.3. The summed E-state index contributed by atoms with van der Waals surface area (Å²) in [5, 5.41) is 7.58. The summed E-state index contributed by atoms with van der Waals surface area (Å²) in [6.45, 7) is 0. The fourth-order valence-corrected chi connectivity index (χ4v) is 2.05. The van der Waals surface area contributed by atoms with Crippen molar-refractivity contribution >= 4 is 45.1 Å². The van der Waals surface area contributed by atoms with Gasteiger partial charge in [-0.15, -0.1) is 0 Å². The quantitative estimate of drug-likeness (QED) is 0.730. The zero-order valence-corrected chi connectivity index (χ0v) is 12.7. The molecular weight excluding hydrogens is 360 g/mol. The molecule has 10 heteroatoms. The van der Waals surface area contributed by atoms with Crippen molar-refractivity contribution in [1.29, 1.82) is 0 Å². The molecule has 106 valence electrons. The highest BCUT2D eigenvalue weighted by molar-refractivity contribution is 9.10. The average molecular weight is 368 g/mol. The summed E-state index contributed by atoms with van der Waals surface area (Å²) in [4.78, 5) is 16.1. The molecule has 3 N–H and O–H groups in total. The summed E-state index contributed by atoms with van der Waals surface area (Å²) in [6.07, 6.45) is 2.85. The summed E-state index contributed by atoms with van der Waals surface area (Å²) in [7, 11) is 0.